The number of aromatic nitrogens is 2. The minimum absolute atomic E-state index is 0.180. The van der Waals surface area contributed by atoms with E-state index in [1.54, 1.807) is 84.6 Å². The van der Waals surface area contributed by atoms with Gasteiger partial charge in [-0.2, -0.15) is 0 Å². The summed E-state index contributed by atoms with van der Waals surface area (Å²) in [6.07, 6.45) is 3.26. The number of fused-ring (bicyclic) bond motifs is 6. The average Bonchev–Trinajstić information content (AvgIpc) is 4.12. The van der Waals surface area contributed by atoms with Crippen molar-refractivity contribution in [3.63, 3.8) is 0 Å². The van der Waals surface area contributed by atoms with Crippen molar-refractivity contribution in [2.24, 2.45) is 0 Å². The second-order valence-electron chi connectivity index (χ2n) is 22.3. The highest BCUT2D eigenvalue weighted by Gasteiger charge is 2.40. The third kappa shape index (κ3) is 10.8. The molecule has 2 saturated heterocycles. The van der Waals surface area contributed by atoms with Gasteiger partial charge in [0, 0.05) is 63.1 Å². The molecule has 2 N–H and O–H groups in total. The van der Waals surface area contributed by atoms with Crippen LogP contribution < -0.4 is 10.6 Å². The van der Waals surface area contributed by atoms with Crippen molar-refractivity contribution in [1.29, 1.82) is 0 Å². The number of rotatable bonds is 6. The van der Waals surface area contributed by atoms with Gasteiger partial charge in [0.25, 0.3) is 0 Å². The second-order valence-corrected chi connectivity index (χ2v) is 22.3. The Morgan fingerprint density at radius 1 is 0.625 bits per heavy atom. The van der Waals surface area contributed by atoms with Gasteiger partial charge < -0.3 is 39.0 Å². The predicted octanol–water partition coefficient (Wildman–Crippen LogP) is 7.68. The summed E-state index contributed by atoms with van der Waals surface area (Å²) in [4.78, 5) is 90.4. The molecule has 2 bridgehead atoms. The quantitative estimate of drug-likeness (QED) is 0.199. The molecule has 0 unspecified atom stereocenters. The van der Waals surface area contributed by atoms with Crippen LogP contribution in [0.15, 0.2) is 36.4 Å². The first-order chi connectivity index (χ1) is 33.9. The van der Waals surface area contributed by atoms with Crippen molar-refractivity contribution >= 4 is 57.6 Å². The van der Waals surface area contributed by atoms with Crippen LogP contribution in [0.3, 0.4) is 0 Å². The molecule has 0 radical (unpaired) electrons. The highest BCUT2D eigenvalue weighted by Crippen LogP contribution is 2.43. The molecule has 0 spiro atoms. The van der Waals surface area contributed by atoms with Crippen LogP contribution in [0.5, 0.6) is 0 Å². The predicted molar refractivity (Wildman–Crippen MR) is 269 cm³/mol. The lowest BCUT2D eigenvalue weighted by atomic mass is 9.97. The number of aryl methyl sites for hydroxylation is 2. The fourth-order valence-corrected chi connectivity index (χ4v) is 11.0. The van der Waals surface area contributed by atoms with Crippen molar-refractivity contribution in [1.82, 2.24) is 39.4 Å². The molecule has 0 aliphatic carbocycles. The normalized spacial score (nSPS) is 21.8. The fourth-order valence-electron chi connectivity index (χ4n) is 11.0. The zero-order valence-electron chi connectivity index (χ0n) is 43.5. The molecule has 2 aromatic carbocycles. The van der Waals surface area contributed by atoms with Crippen LogP contribution >= 0.6 is 0 Å². The minimum Gasteiger partial charge on any atom is -0.444 e. The van der Waals surface area contributed by atoms with E-state index in [-0.39, 0.29) is 42.6 Å². The summed E-state index contributed by atoms with van der Waals surface area (Å²) in [6, 6.07) is 5.33. The van der Waals surface area contributed by atoms with Crippen LogP contribution in [0.25, 0.3) is 33.2 Å². The van der Waals surface area contributed by atoms with Crippen LogP contribution in [0.2, 0.25) is 0 Å². The number of benzene rings is 2. The SMILES string of the molecule is C[C@@H](C(=O)N[C@H]1CCCC[C@H](NC(=O)[C@H](C)N(C)C(=O)OC(C)(C)C)C(=O)N2CCC[C@H]2Cc2c3n(c4cc(F)ccc24)CCn2c-3cc3c(cc(F)cc32)C[C@@H]2CCCN2C1=O)N(C)C(=O)OC(C)(C)C. The zero-order valence-corrected chi connectivity index (χ0v) is 43.5. The molecule has 390 valence electrons. The monoisotopic (exact) mass is 999 g/mol. The maximum absolute atomic E-state index is 15.9. The van der Waals surface area contributed by atoms with Crippen molar-refractivity contribution in [2.75, 3.05) is 27.2 Å². The van der Waals surface area contributed by atoms with E-state index >= 15 is 13.6 Å². The Morgan fingerprint density at radius 2 is 1.11 bits per heavy atom. The van der Waals surface area contributed by atoms with Gasteiger partial charge in [-0.1, -0.05) is 12.8 Å². The lowest BCUT2D eigenvalue weighted by Gasteiger charge is -2.33. The smallest absolute Gasteiger partial charge is 0.410 e. The summed E-state index contributed by atoms with van der Waals surface area (Å²) in [7, 11) is 2.94. The van der Waals surface area contributed by atoms with E-state index in [1.807, 2.05) is 4.90 Å². The summed E-state index contributed by atoms with van der Waals surface area (Å²) >= 11 is 0. The number of nitrogens with zero attached hydrogens (tertiary/aromatic N) is 6. The topological polar surface area (TPSA) is 168 Å². The van der Waals surface area contributed by atoms with Crippen molar-refractivity contribution in [3.8, 4) is 11.4 Å². The highest BCUT2D eigenvalue weighted by atomic mass is 19.1. The zero-order chi connectivity index (χ0) is 52.1. The lowest BCUT2D eigenvalue weighted by molar-refractivity contribution is -0.138. The molecule has 4 aliphatic rings. The number of carbonyl (C=O) groups is 6. The van der Waals surface area contributed by atoms with Crippen LogP contribution in [-0.2, 0) is 54.6 Å². The van der Waals surface area contributed by atoms with Crippen LogP contribution in [0.1, 0.15) is 118 Å². The van der Waals surface area contributed by atoms with Crippen molar-refractivity contribution < 1.29 is 47.0 Å². The number of carbonyl (C=O) groups excluding carboxylic acids is 6. The first-order valence-corrected chi connectivity index (χ1v) is 25.7. The summed E-state index contributed by atoms with van der Waals surface area (Å²) in [6.45, 7) is 15.4. The molecule has 6 amide bonds. The second kappa shape index (κ2) is 20.4. The molecule has 2 aromatic heterocycles. The van der Waals surface area contributed by atoms with Gasteiger partial charge in [0.15, 0.2) is 0 Å². The third-order valence-corrected chi connectivity index (χ3v) is 15.0. The van der Waals surface area contributed by atoms with Crippen LogP contribution in [-0.4, -0.2) is 139 Å². The highest BCUT2D eigenvalue weighted by molar-refractivity contribution is 5.97. The fraction of sp³-hybridized carbons (Fsp3) is 0.593. The summed E-state index contributed by atoms with van der Waals surface area (Å²) in [5, 5.41) is 7.67. The summed E-state index contributed by atoms with van der Waals surface area (Å²) in [5.41, 5.74) is 3.27. The van der Waals surface area contributed by atoms with E-state index in [0.717, 1.165) is 38.8 Å². The first-order valence-electron chi connectivity index (χ1n) is 25.7. The van der Waals surface area contributed by atoms with Crippen LogP contribution in [0.4, 0.5) is 18.4 Å². The van der Waals surface area contributed by atoms with Crippen molar-refractivity contribution in [3.05, 3.63) is 59.2 Å². The Bertz CT molecular complexity index is 2770. The molecular weight excluding hydrogens is 927 g/mol. The molecule has 0 saturated carbocycles. The molecule has 2 fully saturated rings. The molecule has 6 heterocycles. The number of halogens is 2. The summed E-state index contributed by atoms with van der Waals surface area (Å²) < 4.78 is 46.4. The minimum atomic E-state index is -1.02. The number of amides is 6. The molecule has 8 rings (SSSR count). The Balaban J connectivity index is 1.19. The van der Waals surface area contributed by atoms with Gasteiger partial charge in [0.1, 0.15) is 47.0 Å². The van der Waals surface area contributed by atoms with Gasteiger partial charge in [-0.25, -0.2) is 18.4 Å². The molecule has 16 nitrogen and oxygen atoms in total. The van der Waals surface area contributed by atoms with E-state index < -0.39 is 65.2 Å². The maximum Gasteiger partial charge on any atom is 0.410 e. The van der Waals surface area contributed by atoms with E-state index in [0.29, 0.717) is 83.1 Å². The summed E-state index contributed by atoms with van der Waals surface area (Å²) in [5.74, 6) is -2.47. The molecule has 18 heteroatoms. The molecule has 4 aliphatic heterocycles. The standard InChI is InChI=1S/C54H72F2N8O8/c1-31(59(9)51(69)71-53(3,4)5)47(65)57-41-17-11-12-18-42(58-48(66)32(2)60(10)52(70)72-54(6,7)8)50(68)62-22-14-16-37(62)29-40-38-20-19-34(55)27-43(38)64-24-23-63-44-28-35(56)25-33(39(44)30-45(63)46(40)64)26-36-15-13-21-61(36)49(41)67/h19-20,25,27-28,30-32,36-37,41-42H,11-18,21-24,26,29H2,1-10H3,(H,57,65)(H,58,66)/t31-,32-,36-,37-,41-,42-/m0/s1. The number of nitrogens with one attached hydrogen (secondary N) is 2. The molecule has 4 aromatic rings. The number of likely N-dealkylation sites (N-methyl/N-ethyl adjacent to an activating group) is 2. The van der Waals surface area contributed by atoms with E-state index in [4.69, 9.17) is 9.47 Å². The average molecular weight is 999 g/mol. The van der Waals surface area contributed by atoms with Gasteiger partial charge in [-0.15, -0.1) is 0 Å². The Labute approximate surface area is 420 Å². The van der Waals surface area contributed by atoms with Crippen molar-refractivity contribution in [2.45, 2.75) is 180 Å². The van der Waals surface area contributed by atoms with Gasteiger partial charge in [0.2, 0.25) is 23.6 Å². The Morgan fingerprint density at radius 3 is 1.64 bits per heavy atom. The molecule has 72 heavy (non-hydrogen) atoms. The van der Waals surface area contributed by atoms with Gasteiger partial charge in [-0.05, 0) is 154 Å². The van der Waals surface area contributed by atoms with Gasteiger partial charge in [0.05, 0.1) is 22.4 Å². The Hall–Kier alpha value is -6.20. The van der Waals surface area contributed by atoms with Crippen LogP contribution in [0, 0.1) is 11.6 Å². The molecule has 6 atom stereocenters. The number of ether oxygens (including phenoxy) is 2. The van der Waals surface area contributed by atoms with E-state index in [1.165, 1.54) is 30.0 Å². The largest absolute Gasteiger partial charge is 0.444 e. The first kappa shape index (κ1) is 52.1. The lowest BCUT2D eigenvalue weighted by Crippen LogP contribution is -2.55. The van der Waals surface area contributed by atoms with Gasteiger partial charge >= 0.3 is 12.2 Å². The third-order valence-electron chi connectivity index (χ3n) is 15.0. The molecular formula is C54H72F2N8O8. The maximum atomic E-state index is 15.9. The van der Waals surface area contributed by atoms with E-state index in [9.17, 15) is 24.0 Å². The van der Waals surface area contributed by atoms with Gasteiger partial charge in [-0.3, -0.25) is 29.0 Å². The number of hydrogen-bond acceptors (Lipinski definition) is 8. The van der Waals surface area contributed by atoms with E-state index in [2.05, 4.69) is 25.8 Å². The Kier molecular flexibility index (Phi) is 14.7. The number of hydrogen-bond donors (Lipinski definition) is 2.